The number of aromatic hydroxyl groups is 1. The van der Waals surface area contributed by atoms with E-state index in [1.807, 2.05) is 0 Å². The SMILES string of the molecule is COC1CCN(C(=O)c2ccncc2O)C1. The van der Waals surface area contributed by atoms with Gasteiger partial charge in [-0.05, 0) is 12.5 Å². The Bertz CT molecular complexity index is 395. The highest BCUT2D eigenvalue weighted by Crippen LogP contribution is 2.20. The van der Waals surface area contributed by atoms with E-state index in [9.17, 15) is 9.90 Å². The van der Waals surface area contributed by atoms with Gasteiger partial charge >= 0.3 is 0 Å². The predicted molar refractivity (Wildman–Crippen MR) is 57.2 cm³/mol. The molecule has 1 fully saturated rings. The molecule has 1 atom stereocenters. The molecule has 1 aliphatic rings. The first-order chi connectivity index (χ1) is 7.72. The molecule has 5 heteroatoms. The summed E-state index contributed by atoms with van der Waals surface area (Å²) in [4.78, 5) is 17.4. The molecule has 86 valence electrons. The molecule has 1 N–H and O–H groups in total. The lowest BCUT2D eigenvalue weighted by Crippen LogP contribution is -2.30. The molecule has 1 aliphatic heterocycles. The van der Waals surface area contributed by atoms with Crippen molar-refractivity contribution in [3.05, 3.63) is 24.0 Å². The summed E-state index contributed by atoms with van der Waals surface area (Å²) >= 11 is 0. The zero-order valence-corrected chi connectivity index (χ0v) is 9.09. The standard InChI is InChI=1S/C11H14N2O3/c1-16-8-3-5-13(7-8)11(15)9-2-4-12-6-10(9)14/h2,4,6,8,14H,3,5,7H2,1H3. The van der Waals surface area contributed by atoms with Gasteiger partial charge in [-0.1, -0.05) is 0 Å². The number of hydrogen-bond donors (Lipinski definition) is 1. The van der Waals surface area contributed by atoms with Crippen LogP contribution in [0.15, 0.2) is 18.5 Å². The van der Waals surface area contributed by atoms with Crippen LogP contribution in [0.25, 0.3) is 0 Å². The van der Waals surface area contributed by atoms with Gasteiger partial charge in [-0.2, -0.15) is 0 Å². The molecule has 1 amide bonds. The zero-order valence-electron chi connectivity index (χ0n) is 9.09. The van der Waals surface area contributed by atoms with Gasteiger partial charge in [0.2, 0.25) is 0 Å². The topological polar surface area (TPSA) is 62.7 Å². The second kappa shape index (κ2) is 4.49. The highest BCUT2D eigenvalue weighted by Gasteiger charge is 2.27. The lowest BCUT2D eigenvalue weighted by Gasteiger charge is -2.16. The Kier molecular flexibility index (Phi) is 3.05. The number of amides is 1. The van der Waals surface area contributed by atoms with Crippen LogP contribution in [0.3, 0.4) is 0 Å². The van der Waals surface area contributed by atoms with E-state index in [0.29, 0.717) is 18.7 Å². The Morgan fingerprint density at radius 3 is 3.12 bits per heavy atom. The summed E-state index contributed by atoms with van der Waals surface area (Å²) in [6, 6.07) is 1.53. The Morgan fingerprint density at radius 1 is 1.69 bits per heavy atom. The summed E-state index contributed by atoms with van der Waals surface area (Å²) in [7, 11) is 1.64. The first-order valence-electron chi connectivity index (χ1n) is 5.17. The fourth-order valence-electron chi connectivity index (χ4n) is 1.84. The summed E-state index contributed by atoms with van der Waals surface area (Å²) in [5, 5.41) is 9.52. The molecule has 1 unspecified atom stereocenters. The van der Waals surface area contributed by atoms with Gasteiger partial charge in [0, 0.05) is 26.4 Å². The summed E-state index contributed by atoms with van der Waals surface area (Å²) in [6.45, 7) is 1.25. The average Bonchev–Trinajstić information content (AvgIpc) is 2.77. The Labute approximate surface area is 93.7 Å². The molecule has 0 saturated carbocycles. The molecule has 2 heterocycles. The van der Waals surface area contributed by atoms with Crippen LogP contribution >= 0.6 is 0 Å². The summed E-state index contributed by atoms with van der Waals surface area (Å²) in [5.74, 6) is -0.243. The van der Waals surface area contributed by atoms with Crippen molar-refractivity contribution in [1.29, 1.82) is 0 Å². The molecule has 5 nitrogen and oxygen atoms in total. The largest absolute Gasteiger partial charge is 0.505 e. The molecule has 1 aromatic rings. The number of rotatable bonds is 2. The van der Waals surface area contributed by atoms with Crippen molar-refractivity contribution in [3.63, 3.8) is 0 Å². The monoisotopic (exact) mass is 222 g/mol. The van der Waals surface area contributed by atoms with Crippen molar-refractivity contribution in [2.24, 2.45) is 0 Å². The first-order valence-corrected chi connectivity index (χ1v) is 5.17. The first kappa shape index (κ1) is 10.9. The second-order valence-corrected chi connectivity index (χ2v) is 3.79. The minimum atomic E-state index is -0.167. The third-order valence-electron chi connectivity index (χ3n) is 2.80. The van der Waals surface area contributed by atoms with Crippen molar-refractivity contribution in [3.8, 4) is 5.75 Å². The fourth-order valence-corrected chi connectivity index (χ4v) is 1.84. The van der Waals surface area contributed by atoms with Crippen LogP contribution in [0, 0.1) is 0 Å². The van der Waals surface area contributed by atoms with E-state index in [1.165, 1.54) is 18.5 Å². The lowest BCUT2D eigenvalue weighted by atomic mass is 10.2. The van der Waals surface area contributed by atoms with Gasteiger partial charge in [0.1, 0.15) is 5.75 Å². The molecule has 0 aliphatic carbocycles. The van der Waals surface area contributed by atoms with Gasteiger partial charge in [0.05, 0.1) is 17.9 Å². The number of aromatic nitrogens is 1. The van der Waals surface area contributed by atoms with Crippen molar-refractivity contribution >= 4 is 5.91 Å². The Hall–Kier alpha value is -1.62. The third-order valence-corrected chi connectivity index (χ3v) is 2.80. The van der Waals surface area contributed by atoms with Crippen molar-refractivity contribution in [2.45, 2.75) is 12.5 Å². The van der Waals surface area contributed by atoms with Crippen LogP contribution in [-0.4, -0.2) is 47.2 Å². The van der Waals surface area contributed by atoms with Crippen LogP contribution in [0.1, 0.15) is 16.8 Å². The van der Waals surface area contributed by atoms with E-state index in [1.54, 1.807) is 12.0 Å². The minimum absolute atomic E-state index is 0.0756. The Balaban J connectivity index is 2.12. The van der Waals surface area contributed by atoms with Crippen molar-refractivity contribution < 1.29 is 14.6 Å². The summed E-state index contributed by atoms with van der Waals surface area (Å²) in [5.41, 5.74) is 0.298. The smallest absolute Gasteiger partial charge is 0.257 e. The van der Waals surface area contributed by atoms with Gasteiger partial charge in [-0.15, -0.1) is 0 Å². The quantitative estimate of drug-likeness (QED) is 0.798. The number of carbonyl (C=O) groups excluding carboxylic acids is 1. The number of ether oxygens (including phenoxy) is 1. The van der Waals surface area contributed by atoms with Crippen molar-refractivity contribution in [2.75, 3.05) is 20.2 Å². The maximum absolute atomic E-state index is 12.0. The van der Waals surface area contributed by atoms with Gasteiger partial charge < -0.3 is 14.7 Å². The number of carbonyl (C=O) groups is 1. The number of nitrogens with zero attached hydrogens (tertiary/aromatic N) is 2. The third kappa shape index (κ3) is 1.99. The zero-order chi connectivity index (χ0) is 11.5. The molecule has 16 heavy (non-hydrogen) atoms. The van der Waals surface area contributed by atoms with E-state index in [4.69, 9.17) is 4.74 Å². The fraction of sp³-hybridized carbons (Fsp3) is 0.455. The summed E-state index contributed by atoms with van der Waals surface area (Å²) < 4.78 is 5.19. The van der Waals surface area contributed by atoms with E-state index < -0.39 is 0 Å². The van der Waals surface area contributed by atoms with Gasteiger partial charge in [0.25, 0.3) is 5.91 Å². The summed E-state index contributed by atoms with van der Waals surface area (Å²) in [6.07, 6.45) is 3.72. The van der Waals surface area contributed by atoms with Crippen LogP contribution < -0.4 is 0 Å². The number of pyridine rings is 1. The molecule has 0 bridgehead atoms. The van der Waals surface area contributed by atoms with Gasteiger partial charge in [0.15, 0.2) is 0 Å². The molecule has 0 radical (unpaired) electrons. The Morgan fingerprint density at radius 2 is 2.50 bits per heavy atom. The van der Waals surface area contributed by atoms with Crippen LogP contribution in [0.2, 0.25) is 0 Å². The van der Waals surface area contributed by atoms with E-state index in [0.717, 1.165) is 6.42 Å². The highest BCUT2D eigenvalue weighted by atomic mass is 16.5. The second-order valence-electron chi connectivity index (χ2n) is 3.79. The normalized spacial score (nSPS) is 20.1. The molecule has 1 saturated heterocycles. The van der Waals surface area contributed by atoms with Gasteiger partial charge in [-0.3, -0.25) is 9.78 Å². The van der Waals surface area contributed by atoms with E-state index in [-0.39, 0.29) is 17.8 Å². The minimum Gasteiger partial charge on any atom is -0.505 e. The number of likely N-dealkylation sites (tertiary alicyclic amines) is 1. The molecule has 1 aromatic heterocycles. The van der Waals surface area contributed by atoms with E-state index in [2.05, 4.69) is 4.98 Å². The van der Waals surface area contributed by atoms with Crippen LogP contribution in [0.5, 0.6) is 5.75 Å². The maximum atomic E-state index is 12.0. The van der Waals surface area contributed by atoms with Crippen LogP contribution in [-0.2, 0) is 4.74 Å². The molecule has 0 aromatic carbocycles. The van der Waals surface area contributed by atoms with E-state index >= 15 is 0 Å². The number of methoxy groups -OCH3 is 1. The predicted octanol–water partition coefficient (Wildman–Crippen LogP) is 0.648. The molecular weight excluding hydrogens is 208 g/mol. The lowest BCUT2D eigenvalue weighted by molar-refractivity contribution is 0.0721. The molecule has 0 spiro atoms. The van der Waals surface area contributed by atoms with Gasteiger partial charge in [-0.25, -0.2) is 0 Å². The van der Waals surface area contributed by atoms with Crippen LogP contribution in [0.4, 0.5) is 0 Å². The van der Waals surface area contributed by atoms with Crippen molar-refractivity contribution in [1.82, 2.24) is 9.88 Å². The number of hydrogen-bond acceptors (Lipinski definition) is 4. The average molecular weight is 222 g/mol. The molecular formula is C11H14N2O3. The highest BCUT2D eigenvalue weighted by molar-refractivity contribution is 5.96. The molecule has 2 rings (SSSR count). The maximum Gasteiger partial charge on any atom is 0.257 e.